The number of carboxylic acid groups (broad SMARTS) is 1. The minimum atomic E-state index is -1.16. The van der Waals surface area contributed by atoms with Crippen molar-refractivity contribution in [2.45, 2.75) is 13.3 Å². The topological polar surface area (TPSA) is 63.6 Å². The van der Waals surface area contributed by atoms with E-state index in [1.807, 2.05) is 0 Å². The molecule has 0 aliphatic rings. The van der Waals surface area contributed by atoms with Gasteiger partial charge in [0.05, 0.1) is 6.61 Å². The van der Waals surface area contributed by atoms with Crippen LogP contribution in [0.25, 0.3) is 0 Å². The molecule has 0 aliphatic heterocycles. The molecule has 0 radical (unpaired) electrons. The molecule has 0 aromatic carbocycles. The molecule has 56 valence electrons. The summed E-state index contributed by atoms with van der Waals surface area (Å²) in [6, 6.07) is 0. The van der Waals surface area contributed by atoms with Crippen molar-refractivity contribution in [3.63, 3.8) is 0 Å². The van der Waals surface area contributed by atoms with Gasteiger partial charge in [0.15, 0.2) is 0 Å². The highest BCUT2D eigenvalue weighted by Crippen LogP contribution is 1.84. The van der Waals surface area contributed by atoms with Crippen molar-refractivity contribution in [2.24, 2.45) is 0 Å². The molecule has 0 atom stereocenters. The molecule has 0 aromatic heterocycles. The van der Waals surface area contributed by atoms with Gasteiger partial charge in [0.1, 0.15) is 6.42 Å². The second-order valence-corrected chi connectivity index (χ2v) is 1.38. The van der Waals surface area contributed by atoms with E-state index < -0.39 is 18.4 Å². The van der Waals surface area contributed by atoms with Gasteiger partial charge in [-0.15, -0.1) is 0 Å². The third-order valence-corrected chi connectivity index (χ3v) is 0.601. The summed E-state index contributed by atoms with van der Waals surface area (Å²) in [7, 11) is 0. The van der Waals surface area contributed by atoms with Crippen molar-refractivity contribution in [1.29, 1.82) is 0 Å². The first kappa shape index (κ1) is 12.4. The Morgan fingerprint density at radius 2 is 2.00 bits per heavy atom. The van der Waals surface area contributed by atoms with Crippen LogP contribution in [0, 0.1) is 0 Å². The van der Waals surface area contributed by atoms with Gasteiger partial charge in [-0.25, -0.2) is 0 Å². The second-order valence-electron chi connectivity index (χ2n) is 1.38. The van der Waals surface area contributed by atoms with Crippen LogP contribution < -0.4 is 0 Å². The highest BCUT2D eigenvalue weighted by Gasteiger charge is 2.06. The third-order valence-electron chi connectivity index (χ3n) is 0.601. The van der Waals surface area contributed by atoms with E-state index in [9.17, 15) is 9.59 Å². The van der Waals surface area contributed by atoms with Gasteiger partial charge in [0.2, 0.25) is 0 Å². The summed E-state index contributed by atoms with van der Waals surface area (Å²) in [6.45, 7) is 1.85. The smallest absolute Gasteiger partial charge is 0.317 e. The van der Waals surface area contributed by atoms with Gasteiger partial charge in [-0.05, 0) is 6.92 Å². The molecule has 4 nitrogen and oxygen atoms in total. The lowest BCUT2D eigenvalue weighted by atomic mass is 10.4. The molecule has 0 aliphatic carbocycles. The molecule has 0 saturated carbocycles. The first-order chi connectivity index (χ1) is 4.16. The van der Waals surface area contributed by atoms with Crippen LogP contribution in [0.15, 0.2) is 0 Å². The number of carbonyl (C=O) groups excluding carboxylic acids is 1. The number of carboxylic acids is 1. The van der Waals surface area contributed by atoms with E-state index in [2.05, 4.69) is 4.74 Å². The second kappa shape index (κ2) is 6.82. The number of hydrogen-bond donors (Lipinski definition) is 1. The van der Waals surface area contributed by atoms with Gasteiger partial charge < -0.3 is 9.84 Å². The Labute approximate surface area is 74.7 Å². The summed E-state index contributed by atoms with van der Waals surface area (Å²) in [5, 5.41) is 8.01. The van der Waals surface area contributed by atoms with Crippen LogP contribution >= 0.6 is 0 Å². The zero-order valence-electron chi connectivity index (χ0n) is 5.09. The number of rotatable bonds is 3. The minimum absolute atomic E-state index is 0. The van der Waals surface area contributed by atoms with Gasteiger partial charge in [0, 0.05) is 0 Å². The normalized spacial score (nSPS) is 7.70. The van der Waals surface area contributed by atoms with Crippen LogP contribution in [0.3, 0.4) is 0 Å². The lowest BCUT2D eigenvalue weighted by molar-refractivity contribution is -0.150. The van der Waals surface area contributed by atoms with Crippen molar-refractivity contribution in [3.8, 4) is 0 Å². The molecule has 0 rings (SSSR count). The molecule has 10 heavy (non-hydrogen) atoms. The molecule has 0 aromatic rings. The monoisotopic (exact) mass is 158 g/mol. The fourth-order valence-corrected chi connectivity index (χ4v) is 0.335. The van der Waals surface area contributed by atoms with Crippen LogP contribution in [0.5, 0.6) is 0 Å². The van der Waals surface area contributed by atoms with E-state index in [1.54, 1.807) is 6.92 Å². The number of esters is 1. The fraction of sp³-hybridized carbons (Fsp3) is 0.600. The van der Waals surface area contributed by atoms with Crippen molar-refractivity contribution >= 4 is 35.0 Å². The van der Waals surface area contributed by atoms with Crippen LogP contribution in [-0.2, 0) is 14.3 Å². The van der Waals surface area contributed by atoms with Gasteiger partial charge in [0.25, 0.3) is 0 Å². The maximum atomic E-state index is 10.3. The van der Waals surface area contributed by atoms with Crippen LogP contribution in [-0.4, -0.2) is 46.7 Å². The molecule has 0 fully saturated rings. The van der Waals surface area contributed by atoms with E-state index in [0.29, 0.717) is 0 Å². The minimum Gasteiger partial charge on any atom is -0.481 e. The molecule has 5 heteroatoms. The molecule has 1 N–H and O–H groups in total. The van der Waals surface area contributed by atoms with Crippen LogP contribution in [0.4, 0.5) is 0 Å². The standard InChI is InChI=1S/C5H8O4.Mg.2H/c1-2-9-5(8)3-4(6)7;;;/h2-3H2,1H3,(H,6,7);;;. The zero-order valence-corrected chi connectivity index (χ0v) is 5.09. The van der Waals surface area contributed by atoms with Crippen LogP contribution in [0.1, 0.15) is 13.3 Å². The van der Waals surface area contributed by atoms with Gasteiger partial charge >= 0.3 is 35.0 Å². The molecule has 0 spiro atoms. The Hall–Kier alpha value is -0.294. The Balaban J connectivity index is 0. The first-order valence-electron chi connectivity index (χ1n) is 2.54. The van der Waals surface area contributed by atoms with Gasteiger partial charge in [-0.1, -0.05) is 0 Å². The molecular formula is C5H10MgO4. The number of carbonyl (C=O) groups is 2. The molecule has 0 heterocycles. The fourth-order valence-electron chi connectivity index (χ4n) is 0.335. The Morgan fingerprint density at radius 3 is 2.30 bits per heavy atom. The van der Waals surface area contributed by atoms with Gasteiger partial charge in [-0.2, -0.15) is 0 Å². The average molecular weight is 158 g/mol. The number of aliphatic carboxylic acids is 1. The van der Waals surface area contributed by atoms with E-state index in [1.165, 1.54) is 0 Å². The van der Waals surface area contributed by atoms with E-state index in [0.717, 1.165) is 0 Å². The Morgan fingerprint density at radius 1 is 1.50 bits per heavy atom. The summed E-state index contributed by atoms with van der Waals surface area (Å²) in [5.74, 6) is -1.85. The number of hydrogen-bond acceptors (Lipinski definition) is 3. The maximum absolute atomic E-state index is 10.3. The summed E-state index contributed by atoms with van der Waals surface area (Å²) >= 11 is 0. The largest absolute Gasteiger partial charge is 0.481 e. The zero-order chi connectivity index (χ0) is 7.28. The third kappa shape index (κ3) is 7.71. The Bertz CT molecular complexity index is 123. The van der Waals surface area contributed by atoms with Crippen molar-refractivity contribution < 1.29 is 19.4 Å². The lowest BCUT2D eigenvalue weighted by Crippen LogP contribution is -2.09. The highest BCUT2D eigenvalue weighted by atomic mass is 24.3. The van der Waals surface area contributed by atoms with Gasteiger partial charge in [-0.3, -0.25) is 9.59 Å². The quantitative estimate of drug-likeness (QED) is 0.329. The van der Waals surface area contributed by atoms with Crippen LogP contribution in [0.2, 0.25) is 0 Å². The Kier molecular flexibility index (Phi) is 8.45. The van der Waals surface area contributed by atoms with Crippen molar-refractivity contribution in [2.75, 3.05) is 6.61 Å². The highest BCUT2D eigenvalue weighted by molar-refractivity contribution is 5.90. The summed E-state index contributed by atoms with van der Waals surface area (Å²) in [5.41, 5.74) is 0. The van der Waals surface area contributed by atoms with Crippen molar-refractivity contribution in [1.82, 2.24) is 0 Å². The maximum Gasteiger partial charge on any atom is 0.317 e. The summed E-state index contributed by atoms with van der Waals surface area (Å²) in [6.07, 6.45) is -0.548. The lowest BCUT2D eigenvalue weighted by Gasteiger charge is -1.95. The summed E-state index contributed by atoms with van der Waals surface area (Å²) in [4.78, 5) is 20.0. The van der Waals surface area contributed by atoms with E-state index >= 15 is 0 Å². The predicted octanol–water partition coefficient (Wildman–Crippen LogP) is -0.892. The predicted molar refractivity (Wildman–Crippen MR) is 37.4 cm³/mol. The van der Waals surface area contributed by atoms with E-state index in [-0.39, 0.29) is 29.7 Å². The first-order valence-corrected chi connectivity index (χ1v) is 2.54. The van der Waals surface area contributed by atoms with E-state index in [4.69, 9.17) is 5.11 Å². The molecule has 0 unspecified atom stereocenters. The molecule has 0 saturated heterocycles. The van der Waals surface area contributed by atoms with Crippen molar-refractivity contribution in [3.05, 3.63) is 0 Å². The molecule has 0 amide bonds. The molecule has 0 bridgehead atoms. The SMILES string of the molecule is CCOC(=O)CC(=O)O.[MgH2]. The summed E-state index contributed by atoms with van der Waals surface area (Å²) < 4.78 is 4.33. The molecular weight excluding hydrogens is 148 g/mol. The average Bonchev–Trinajstić information content (AvgIpc) is 1.63. The number of ether oxygens (including phenoxy) is 1.